The topological polar surface area (TPSA) is 59.3 Å². The molecule has 0 fully saturated rings. The number of aryl methyl sites for hydroxylation is 2. The van der Waals surface area contributed by atoms with Gasteiger partial charge < -0.3 is 15.2 Å². The highest BCUT2D eigenvalue weighted by Crippen LogP contribution is 2.03. The van der Waals surface area contributed by atoms with Crippen molar-refractivity contribution in [3.63, 3.8) is 0 Å². The Morgan fingerprint density at radius 1 is 1.50 bits per heavy atom. The van der Waals surface area contributed by atoms with Crippen molar-refractivity contribution >= 4 is 0 Å². The molecule has 0 aliphatic heterocycles. The van der Waals surface area contributed by atoms with E-state index >= 15 is 0 Å². The maximum absolute atomic E-state index is 8.50. The Morgan fingerprint density at radius 2 is 2.31 bits per heavy atom. The van der Waals surface area contributed by atoms with Crippen LogP contribution in [-0.2, 0) is 18.3 Å². The van der Waals surface area contributed by atoms with Crippen molar-refractivity contribution in [2.45, 2.75) is 19.9 Å². The molecule has 0 bridgehead atoms. The van der Waals surface area contributed by atoms with Crippen molar-refractivity contribution in [2.75, 3.05) is 26.4 Å². The van der Waals surface area contributed by atoms with Crippen LogP contribution in [0.1, 0.15) is 17.7 Å². The molecule has 5 heteroatoms. The third kappa shape index (κ3) is 4.74. The molecule has 0 unspecified atom stereocenters. The lowest BCUT2D eigenvalue weighted by Crippen LogP contribution is -2.17. The molecule has 92 valence electrons. The normalized spacial score (nSPS) is 10.9. The standard InChI is InChI=1S/C11H21N3O2/c1-10-11(9-14(2)13-10)8-12-4-3-6-16-7-5-15/h9,12,15H,3-8H2,1-2H3. The van der Waals surface area contributed by atoms with Gasteiger partial charge in [0.1, 0.15) is 0 Å². The molecule has 2 N–H and O–H groups in total. The summed E-state index contributed by atoms with van der Waals surface area (Å²) in [5, 5.41) is 16.1. The average molecular weight is 227 g/mol. The minimum absolute atomic E-state index is 0.0995. The van der Waals surface area contributed by atoms with Crippen LogP contribution in [0.4, 0.5) is 0 Å². The van der Waals surface area contributed by atoms with E-state index in [0.717, 1.165) is 25.2 Å². The van der Waals surface area contributed by atoms with Gasteiger partial charge in [0, 0.05) is 32.0 Å². The summed E-state index contributed by atoms with van der Waals surface area (Å²) in [6.07, 6.45) is 2.99. The van der Waals surface area contributed by atoms with Gasteiger partial charge in [-0.15, -0.1) is 0 Å². The molecule has 0 spiro atoms. The van der Waals surface area contributed by atoms with Gasteiger partial charge in [-0.25, -0.2) is 0 Å². The summed E-state index contributed by atoms with van der Waals surface area (Å²) in [6.45, 7) is 5.00. The molecule has 0 amide bonds. The summed E-state index contributed by atoms with van der Waals surface area (Å²) >= 11 is 0. The molecule has 0 radical (unpaired) electrons. The SMILES string of the molecule is Cc1nn(C)cc1CNCCCOCCO. The summed E-state index contributed by atoms with van der Waals surface area (Å²) in [5.74, 6) is 0. The number of aliphatic hydroxyl groups excluding tert-OH is 1. The fourth-order valence-electron chi connectivity index (χ4n) is 1.51. The Hall–Kier alpha value is -0.910. The highest BCUT2D eigenvalue weighted by molar-refractivity contribution is 5.14. The van der Waals surface area contributed by atoms with Crippen molar-refractivity contribution in [1.82, 2.24) is 15.1 Å². The van der Waals surface area contributed by atoms with Crippen LogP contribution in [0.15, 0.2) is 6.20 Å². The average Bonchev–Trinajstić information content (AvgIpc) is 2.56. The van der Waals surface area contributed by atoms with E-state index < -0.39 is 0 Å². The first kappa shape index (κ1) is 13.2. The zero-order valence-electron chi connectivity index (χ0n) is 10.1. The lowest BCUT2D eigenvalue weighted by atomic mass is 10.2. The minimum Gasteiger partial charge on any atom is -0.394 e. The Bertz CT molecular complexity index is 299. The van der Waals surface area contributed by atoms with Gasteiger partial charge >= 0.3 is 0 Å². The van der Waals surface area contributed by atoms with Crippen LogP contribution in [0.25, 0.3) is 0 Å². The second-order valence-electron chi connectivity index (χ2n) is 3.78. The second kappa shape index (κ2) is 7.38. The summed E-state index contributed by atoms with van der Waals surface area (Å²) in [5.41, 5.74) is 2.31. The number of hydrogen-bond acceptors (Lipinski definition) is 4. The molecule has 0 saturated heterocycles. The molecule has 16 heavy (non-hydrogen) atoms. The maximum Gasteiger partial charge on any atom is 0.0697 e. The molecule has 1 aromatic heterocycles. The van der Waals surface area contributed by atoms with Crippen molar-refractivity contribution in [3.8, 4) is 0 Å². The smallest absolute Gasteiger partial charge is 0.0697 e. The number of aromatic nitrogens is 2. The third-order valence-corrected chi connectivity index (χ3v) is 2.31. The lowest BCUT2D eigenvalue weighted by Gasteiger charge is -2.04. The second-order valence-corrected chi connectivity index (χ2v) is 3.78. The van der Waals surface area contributed by atoms with Gasteiger partial charge in [-0.05, 0) is 19.9 Å². The van der Waals surface area contributed by atoms with Crippen LogP contribution < -0.4 is 5.32 Å². The van der Waals surface area contributed by atoms with Crippen molar-refractivity contribution in [3.05, 3.63) is 17.5 Å². The van der Waals surface area contributed by atoms with Gasteiger partial charge in [-0.1, -0.05) is 0 Å². The van der Waals surface area contributed by atoms with E-state index in [-0.39, 0.29) is 6.61 Å². The van der Waals surface area contributed by atoms with E-state index in [0.29, 0.717) is 13.2 Å². The van der Waals surface area contributed by atoms with E-state index in [1.165, 1.54) is 5.56 Å². The molecular weight excluding hydrogens is 206 g/mol. The maximum atomic E-state index is 8.50. The summed E-state index contributed by atoms with van der Waals surface area (Å²) in [7, 11) is 1.93. The highest BCUT2D eigenvalue weighted by atomic mass is 16.5. The Morgan fingerprint density at radius 3 is 2.94 bits per heavy atom. The van der Waals surface area contributed by atoms with Crippen LogP contribution in [0, 0.1) is 6.92 Å². The largest absolute Gasteiger partial charge is 0.394 e. The number of nitrogens with zero attached hydrogens (tertiary/aromatic N) is 2. The van der Waals surface area contributed by atoms with Crippen molar-refractivity contribution in [1.29, 1.82) is 0 Å². The Balaban J connectivity index is 2.05. The minimum atomic E-state index is 0.0995. The molecule has 0 aromatic carbocycles. The van der Waals surface area contributed by atoms with Gasteiger partial charge in [0.25, 0.3) is 0 Å². The first-order chi connectivity index (χ1) is 7.74. The zero-order valence-corrected chi connectivity index (χ0v) is 10.1. The van der Waals surface area contributed by atoms with Crippen LogP contribution in [0.3, 0.4) is 0 Å². The van der Waals surface area contributed by atoms with Gasteiger partial charge in [0.2, 0.25) is 0 Å². The zero-order chi connectivity index (χ0) is 11.8. The van der Waals surface area contributed by atoms with E-state index in [1.54, 1.807) is 0 Å². The van der Waals surface area contributed by atoms with Crippen LogP contribution in [0.2, 0.25) is 0 Å². The van der Waals surface area contributed by atoms with E-state index in [9.17, 15) is 0 Å². The molecule has 1 aromatic rings. The Kier molecular flexibility index (Phi) is 6.07. The fraction of sp³-hybridized carbons (Fsp3) is 0.727. The predicted octanol–water partition coefficient (Wildman–Crippen LogP) is 0.217. The lowest BCUT2D eigenvalue weighted by molar-refractivity contribution is 0.0907. The van der Waals surface area contributed by atoms with Gasteiger partial charge in [0.15, 0.2) is 0 Å². The van der Waals surface area contributed by atoms with E-state index in [4.69, 9.17) is 9.84 Å². The van der Waals surface area contributed by atoms with E-state index in [1.807, 2.05) is 24.9 Å². The molecule has 0 aliphatic carbocycles. The van der Waals surface area contributed by atoms with Crippen molar-refractivity contribution < 1.29 is 9.84 Å². The monoisotopic (exact) mass is 227 g/mol. The number of rotatable bonds is 8. The van der Waals surface area contributed by atoms with Gasteiger partial charge in [-0.3, -0.25) is 4.68 Å². The molecular formula is C11H21N3O2. The molecule has 1 heterocycles. The molecule has 1 rings (SSSR count). The van der Waals surface area contributed by atoms with Gasteiger partial charge in [-0.2, -0.15) is 5.10 Å². The van der Waals surface area contributed by atoms with Crippen LogP contribution >= 0.6 is 0 Å². The van der Waals surface area contributed by atoms with Crippen LogP contribution in [-0.4, -0.2) is 41.3 Å². The predicted molar refractivity (Wildman–Crippen MR) is 62.2 cm³/mol. The summed E-state index contributed by atoms with van der Waals surface area (Å²) < 4.78 is 6.99. The first-order valence-electron chi connectivity index (χ1n) is 5.62. The van der Waals surface area contributed by atoms with Crippen LogP contribution in [0.5, 0.6) is 0 Å². The molecule has 0 aliphatic rings. The number of aliphatic hydroxyl groups is 1. The number of hydrogen-bond donors (Lipinski definition) is 2. The van der Waals surface area contributed by atoms with E-state index in [2.05, 4.69) is 10.4 Å². The quantitative estimate of drug-likeness (QED) is 0.624. The molecule has 0 atom stereocenters. The molecule has 0 saturated carbocycles. The Labute approximate surface area is 96.4 Å². The number of nitrogens with one attached hydrogen (secondary N) is 1. The number of ether oxygens (including phenoxy) is 1. The summed E-state index contributed by atoms with van der Waals surface area (Å²) in [4.78, 5) is 0. The highest BCUT2D eigenvalue weighted by Gasteiger charge is 2.01. The first-order valence-corrected chi connectivity index (χ1v) is 5.62. The summed E-state index contributed by atoms with van der Waals surface area (Å²) in [6, 6.07) is 0. The fourth-order valence-corrected chi connectivity index (χ4v) is 1.51. The molecule has 5 nitrogen and oxygen atoms in total. The van der Waals surface area contributed by atoms with Gasteiger partial charge in [0.05, 0.1) is 18.9 Å². The third-order valence-electron chi connectivity index (χ3n) is 2.31. The van der Waals surface area contributed by atoms with Crippen molar-refractivity contribution in [2.24, 2.45) is 7.05 Å².